The van der Waals surface area contributed by atoms with Gasteiger partial charge in [0.2, 0.25) is 0 Å². The van der Waals surface area contributed by atoms with Crippen molar-refractivity contribution in [2.45, 2.75) is 96.5 Å². The second-order valence-corrected chi connectivity index (χ2v) is 6.16. The third kappa shape index (κ3) is 16.9. The molecule has 1 atom stereocenters. The summed E-state index contributed by atoms with van der Waals surface area (Å²) in [6.45, 7) is 2.19. The van der Waals surface area contributed by atoms with E-state index in [2.05, 4.69) is 29.1 Å². The molecule has 0 spiro atoms. The summed E-state index contributed by atoms with van der Waals surface area (Å²) < 4.78 is 0. The SMILES string of the molecule is CCCCCC[C@@H](O)C/C=C\CCCCCCCC(=O)ON=C=O. The molecule has 5 heteroatoms. The number of aliphatic hydroxyl groups excluding tert-OH is 1. The Labute approximate surface area is 146 Å². The number of nitrogens with zero attached hydrogens (tertiary/aromatic N) is 1. The molecule has 24 heavy (non-hydrogen) atoms. The Bertz CT molecular complexity index is 376. The van der Waals surface area contributed by atoms with Crippen LogP contribution in [0.3, 0.4) is 0 Å². The van der Waals surface area contributed by atoms with Crippen LogP contribution in [0.1, 0.15) is 90.4 Å². The van der Waals surface area contributed by atoms with Gasteiger partial charge in [0.25, 0.3) is 6.08 Å². The Balaban J connectivity index is 3.34. The average Bonchev–Trinajstić information content (AvgIpc) is 2.58. The van der Waals surface area contributed by atoms with Gasteiger partial charge in [-0.3, -0.25) is 0 Å². The maximum Gasteiger partial charge on any atom is 0.336 e. The minimum atomic E-state index is -0.477. The van der Waals surface area contributed by atoms with Crippen molar-refractivity contribution in [3.8, 4) is 0 Å². The molecule has 0 aliphatic rings. The van der Waals surface area contributed by atoms with Crippen molar-refractivity contribution in [3.05, 3.63) is 12.2 Å². The van der Waals surface area contributed by atoms with Gasteiger partial charge >= 0.3 is 5.97 Å². The zero-order chi connectivity index (χ0) is 17.9. The van der Waals surface area contributed by atoms with Gasteiger partial charge in [0.05, 0.1) is 6.10 Å². The molecule has 0 heterocycles. The lowest BCUT2D eigenvalue weighted by Crippen LogP contribution is -2.04. The highest BCUT2D eigenvalue weighted by Crippen LogP contribution is 2.10. The van der Waals surface area contributed by atoms with Crippen LogP contribution < -0.4 is 0 Å². The first-order valence-corrected chi connectivity index (χ1v) is 9.30. The number of hydrogen-bond donors (Lipinski definition) is 1. The number of aliphatic hydroxyl groups is 1. The zero-order valence-electron chi connectivity index (χ0n) is 15.0. The van der Waals surface area contributed by atoms with Gasteiger partial charge in [-0.25, -0.2) is 9.59 Å². The topological polar surface area (TPSA) is 76.0 Å². The van der Waals surface area contributed by atoms with Crippen molar-refractivity contribution >= 4 is 12.0 Å². The highest BCUT2D eigenvalue weighted by Gasteiger charge is 2.02. The summed E-state index contributed by atoms with van der Waals surface area (Å²) in [6, 6.07) is 0. The van der Waals surface area contributed by atoms with Crippen LogP contribution in [0.15, 0.2) is 17.3 Å². The van der Waals surface area contributed by atoms with Crippen molar-refractivity contribution in [3.63, 3.8) is 0 Å². The molecule has 0 fully saturated rings. The van der Waals surface area contributed by atoms with E-state index in [4.69, 9.17) is 0 Å². The number of unbranched alkanes of at least 4 members (excludes halogenated alkanes) is 8. The molecule has 0 aromatic carbocycles. The molecule has 0 aromatic heterocycles. The number of rotatable bonds is 16. The molecular weight excluding hydrogens is 306 g/mol. The second-order valence-electron chi connectivity index (χ2n) is 6.16. The highest BCUT2D eigenvalue weighted by molar-refractivity contribution is 5.69. The minimum absolute atomic E-state index is 0.193. The molecule has 0 saturated carbocycles. The molecule has 0 saturated heterocycles. The van der Waals surface area contributed by atoms with Gasteiger partial charge in [0.1, 0.15) is 0 Å². The zero-order valence-corrected chi connectivity index (χ0v) is 15.0. The fraction of sp³-hybridized carbons (Fsp3) is 0.789. The predicted molar refractivity (Wildman–Crippen MR) is 95.1 cm³/mol. The maximum absolute atomic E-state index is 11.0. The summed E-state index contributed by atoms with van der Waals surface area (Å²) >= 11 is 0. The molecule has 0 aliphatic heterocycles. The Morgan fingerprint density at radius 1 is 1.08 bits per heavy atom. The number of carbonyl (C=O) groups excluding carboxylic acids is 2. The standard InChI is InChI=1S/C19H33NO4/c1-2-3-4-11-14-18(22)15-12-9-7-5-6-8-10-13-16-19(23)24-20-17-21/h9,12,18,22H,2-8,10-11,13-16H2,1H3/b12-9-/t18-/m1/s1. The molecule has 0 aromatic rings. The lowest BCUT2D eigenvalue weighted by molar-refractivity contribution is -0.143. The molecule has 0 radical (unpaired) electrons. The van der Waals surface area contributed by atoms with E-state index in [0.29, 0.717) is 6.42 Å². The van der Waals surface area contributed by atoms with E-state index in [1.807, 2.05) is 0 Å². The van der Waals surface area contributed by atoms with Crippen LogP contribution in [0.25, 0.3) is 0 Å². The van der Waals surface area contributed by atoms with E-state index in [1.165, 1.54) is 25.3 Å². The van der Waals surface area contributed by atoms with Crippen LogP contribution in [-0.4, -0.2) is 23.3 Å². The monoisotopic (exact) mass is 339 g/mol. The fourth-order valence-corrected chi connectivity index (χ4v) is 2.47. The molecule has 5 nitrogen and oxygen atoms in total. The van der Waals surface area contributed by atoms with E-state index in [0.717, 1.165) is 57.8 Å². The van der Waals surface area contributed by atoms with Crippen molar-refractivity contribution in [2.75, 3.05) is 0 Å². The summed E-state index contributed by atoms with van der Waals surface area (Å²) in [5.74, 6) is -0.477. The summed E-state index contributed by atoms with van der Waals surface area (Å²) in [5.41, 5.74) is 0. The lowest BCUT2D eigenvalue weighted by Gasteiger charge is -2.07. The Hall–Kier alpha value is -1.45. The van der Waals surface area contributed by atoms with Gasteiger partial charge in [-0.05, 0) is 32.1 Å². The van der Waals surface area contributed by atoms with E-state index in [-0.39, 0.29) is 6.10 Å². The summed E-state index contributed by atoms with van der Waals surface area (Å²) in [7, 11) is 0. The van der Waals surface area contributed by atoms with Gasteiger partial charge in [0, 0.05) is 11.6 Å². The van der Waals surface area contributed by atoms with Crippen LogP contribution in [0.4, 0.5) is 0 Å². The largest absolute Gasteiger partial charge is 0.393 e. The lowest BCUT2D eigenvalue weighted by atomic mass is 10.1. The quantitative estimate of drug-likeness (QED) is 0.110. The molecule has 0 amide bonds. The normalized spacial score (nSPS) is 12.1. The Morgan fingerprint density at radius 2 is 1.79 bits per heavy atom. The number of hydrogen-bond acceptors (Lipinski definition) is 5. The van der Waals surface area contributed by atoms with Crippen LogP contribution in [0, 0.1) is 0 Å². The van der Waals surface area contributed by atoms with Gasteiger partial charge in [-0.15, -0.1) is 0 Å². The van der Waals surface area contributed by atoms with Crippen LogP contribution in [0.5, 0.6) is 0 Å². The molecule has 0 unspecified atom stereocenters. The molecule has 138 valence electrons. The number of isocyanates is 1. The first kappa shape index (κ1) is 22.6. The smallest absolute Gasteiger partial charge is 0.336 e. The van der Waals surface area contributed by atoms with Crippen LogP contribution >= 0.6 is 0 Å². The molecule has 0 aliphatic carbocycles. The molecule has 0 rings (SSSR count). The molecule has 1 N–H and O–H groups in total. The summed E-state index contributed by atoms with van der Waals surface area (Å²) in [5, 5.41) is 12.6. The minimum Gasteiger partial charge on any atom is -0.393 e. The van der Waals surface area contributed by atoms with Crippen LogP contribution in [-0.2, 0) is 14.4 Å². The van der Waals surface area contributed by atoms with Gasteiger partial charge < -0.3 is 9.94 Å². The second kappa shape index (κ2) is 17.9. The predicted octanol–water partition coefficient (Wildman–Crippen LogP) is 4.79. The van der Waals surface area contributed by atoms with Crippen molar-refractivity contribution in [2.24, 2.45) is 5.16 Å². The van der Waals surface area contributed by atoms with Gasteiger partial charge in [-0.1, -0.05) is 64.0 Å². The van der Waals surface area contributed by atoms with Gasteiger partial charge in [-0.2, -0.15) is 0 Å². The van der Waals surface area contributed by atoms with E-state index in [1.54, 1.807) is 0 Å². The van der Waals surface area contributed by atoms with Crippen molar-refractivity contribution in [1.82, 2.24) is 0 Å². The molecular formula is C19H33NO4. The number of allylic oxidation sites excluding steroid dienone is 1. The first-order chi connectivity index (χ1) is 11.7. The Kier molecular flexibility index (Phi) is 16.8. The Morgan fingerprint density at radius 3 is 2.54 bits per heavy atom. The van der Waals surface area contributed by atoms with Crippen molar-refractivity contribution in [1.29, 1.82) is 0 Å². The fourth-order valence-electron chi connectivity index (χ4n) is 2.47. The number of carbonyl (C=O) groups is 1. The van der Waals surface area contributed by atoms with Gasteiger partial charge in [0.15, 0.2) is 0 Å². The van der Waals surface area contributed by atoms with Crippen molar-refractivity contribution < 1.29 is 19.5 Å². The highest BCUT2D eigenvalue weighted by atomic mass is 16.7. The maximum atomic E-state index is 11.0. The van der Waals surface area contributed by atoms with E-state index >= 15 is 0 Å². The third-order valence-corrected chi connectivity index (χ3v) is 3.90. The van der Waals surface area contributed by atoms with E-state index in [9.17, 15) is 14.7 Å². The molecule has 0 bridgehead atoms. The van der Waals surface area contributed by atoms with Crippen LogP contribution in [0.2, 0.25) is 0 Å². The average molecular weight is 339 g/mol. The summed E-state index contributed by atoms with van der Waals surface area (Å²) in [6.07, 6.45) is 18.1. The first-order valence-electron chi connectivity index (χ1n) is 9.30. The third-order valence-electron chi connectivity index (χ3n) is 3.90. The summed E-state index contributed by atoms with van der Waals surface area (Å²) in [4.78, 5) is 25.0. The van der Waals surface area contributed by atoms with E-state index < -0.39 is 5.97 Å².